The molecule has 10 atom stereocenters. The largest absolute Gasteiger partial charge is 0.346 e. The first kappa shape index (κ1) is 47.1. The third-order valence-corrected chi connectivity index (χ3v) is 13.8. The highest BCUT2D eigenvalue weighted by atomic mass is 31.2. The number of hydrogen-bond donors (Lipinski definition) is 2. The number of rotatable bonds is 12. The van der Waals surface area contributed by atoms with Crippen molar-refractivity contribution in [2.24, 2.45) is 0 Å². The predicted molar refractivity (Wildman–Crippen MR) is 238 cm³/mol. The lowest BCUT2D eigenvalue weighted by molar-refractivity contribution is -0.0625. The van der Waals surface area contributed by atoms with Gasteiger partial charge in [-0.1, -0.05) is 36.4 Å². The molecule has 4 unspecified atom stereocenters. The third kappa shape index (κ3) is 9.79. The zero-order chi connectivity index (χ0) is 47.4. The van der Waals surface area contributed by atoms with E-state index in [0.29, 0.717) is 11.1 Å². The molecule has 4 aromatic heterocycles. The van der Waals surface area contributed by atoms with Gasteiger partial charge in [0.25, 0.3) is 11.8 Å². The van der Waals surface area contributed by atoms with Gasteiger partial charge in [0, 0.05) is 11.1 Å². The van der Waals surface area contributed by atoms with E-state index in [-0.39, 0.29) is 60.1 Å². The molecule has 0 saturated carbocycles. The van der Waals surface area contributed by atoms with Gasteiger partial charge in [0.1, 0.15) is 60.3 Å². The van der Waals surface area contributed by atoms with Crippen LogP contribution in [0.2, 0.25) is 0 Å². The summed E-state index contributed by atoms with van der Waals surface area (Å²) in [4.78, 5) is 54.9. The molecule has 0 bridgehead atoms. The maximum atomic E-state index is 17.1. The number of ether oxygens (including phenoxy) is 2. The van der Waals surface area contributed by atoms with Crippen LogP contribution in [0.5, 0.6) is 0 Å². The summed E-state index contributed by atoms with van der Waals surface area (Å²) in [7, 11) is 4.99. The number of fused-ring (bicyclic) bond motifs is 4. The van der Waals surface area contributed by atoms with Crippen LogP contribution < -0.4 is 10.6 Å². The second-order valence-corrected chi connectivity index (χ2v) is 18.6. The van der Waals surface area contributed by atoms with Crippen molar-refractivity contribution >= 4 is 76.6 Å². The van der Waals surface area contributed by atoms with Gasteiger partial charge < -0.3 is 25.0 Å². The highest BCUT2D eigenvalue weighted by Gasteiger charge is 2.56. The van der Waals surface area contributed by atoms with Crippen LogP contribution in [0, 0.1) is 17.9 Å². The van der Waals surface area contributed by atoms with Crippen LogP contribution >= 0.6 is 15.6 Å². The number of imidazole rings is 2. The minimum absolute atomic E-state index is 0.0347. The Morgan fingerprint density at radius 2 is 1.21 bits per heavy atom. The van der Waals surface area contributed by atoms with Gasteiger partial charge in [0.05, 0.1) is 25.1 Å². The lowest BCUT2D eigenvalue weighted by Crippen LogP contribution is -2.39. The fraction of sp³-hybridized carbons (Fsp3) is 0.350. The van der Waals surface area contributed by atoms with Crippen LogP contribution in [0.3, 0.4) is 0 Å². The molecule has 0 spiro atoms. The molecule has 3 saturated heterocycles. The fourth-order valence-corrected chi connectivity index (χ4v) is 10.4. The number of amides is 2. The van der Waals surface area contributed by atoms with E-state index in [1.165, 1.54) is 21.8 Å². The number of aromatic nitrogens is 8. The molecule has 22 nitrogen and oxygen atoms in total. The number of nitrogens with zero attached hydrogens (tertiary/aromatic N) is 10. The minimum Gasteiger partial charge on any atom is -0.346 e. The summed E-state index contributed by atoms with van der Waals surface area (Å²) in [6.45, 7) is 5.23. The highest BCUT2D eigenvalue weighted by molar-refractivity contribution is 7.86. The average molecular weight is 966 g/mol. The normalized spacial score (nSPS) is 28.4. The molecule has 7 heterocycles. The van der Waals surface area contributed by atoms with Gasteiger partial charge in [-0.3, -0.25) is 18.7 Å². The number of carbonyl (C=O) groups is 2. The van der Waals surface area contributed by atoms with Gasteiger partial charge in [-0.15, -0.1) is 0 Å². The summed E-state index contributed by atoms with van der Waals surface area (Å²) in [5.74, 6) is -0.890. The van der Waals surface area contributed by atoms with Crippen molar-refractivity contribution in [2.45, 2.75) is 55.6 Å². The van der Waals surface area contributed by atoms with E-state index in [1.54, 1.807) is 60.7 Å². The number of carbonyl (C=O) groups excluding carboxylic acids is 2. The smallest absolute Gasteiger partial charge is 0.256 e. The van der Waals surface area contributed by atoms with Crippen LogP contribution in [0.1, 0.15) is 39.6 Å². The first-order chi connectivity index (χ1) is 33.0. The predicted octanol–water partition coefficient (Wildman–Crippen LogP) is 5.02. The van der Waals surface area contributed by atoms with E-state index in [9.17, 15) is 14.9 Å². The molecular formula is C40H36B2F2N12O10P2. The van der Waals surface area contributed by atoms with E-state index in [4.69, 9.17) is 58.3 Å². The van der Waals surface area contributed by atoms with Crippen LogP contribution in [-0.4, -0.2) is 136 Å². The number of hydrogen-bond acceptors (Lipinski definition) is 17. The first-order valence-corrected chi connectivity index (χ1v) is 23.9. The molecule has 3 fully saturated rings. The maximum Gasteiger partial charge on any atom is 0.256 e. The Morgan fingerprint density at radius 1 is 0.750 bits per heavy atom. The van der Waals surface area contributed by atoms with Gasteiger partial charge in [0.2, 0.25) is 6.54 Å². The van der Waals surface area contributed by atoms with Gasteiger partial charge in [-0.25, -0.2) is 72.4 Å². The number of alkyl halides is 2. The molecule has 3 aliphatic heterocycles. The van der Waals surface area contributed by atoms with E-state index >= 15 is 8.78 Å². The summed E-state index contributed by atoms with van der Waals surface area (Å²) >= 11 is 0. The second kappa shape index (κ2) is 20.3. The standard InChI is InChI=1S/C40H34B2F2N12O10P2/c1-46-14-16-60-68(42)62-18-26-31(27(43)39(64-26)55-21-51-29-33(47-19-49-35(29)55)53-37(57)23-9-4-2-5-10-23)65-67(41,59-15-8-13-45)61-17-25-32(66-68)28(44)40(63-25)56-22-52-30-34(48-20-50-36(30)56)54-38(58)24-11-6-3-7-12-24/h2-7,9-12,19-22,25-28,31-32,39-40H,8,14-18H2/q-2/p+2/t25-,26-,27+,28?,31?,32+,39-,40-,67?,68?/m1/s1. The average Bonchev–Trinajstić information content (AvgIpc) is 4.12. The van der Waals surface area contributed by atoms with E-state index in [2.05, 4.69) is 45.4 Å². The maximum absolute atomic E-state index is 17.1. The van der Waals surface area contributed by atoms with Crippen molar-refractivity contribution in [1.29, 1.82) is 5.26 Å². The number of halogens is 2. The molecule has 2 aromatic carbocycles. The quantitative estimate of drug-likeness (QED) is 0.0708. The SMILES string of the molecule is [B-][P+]1(OCCC#N)OC[C@H]2O[C@@H](n3cnc4c(NC(=O)c5ccccc5)ncnc43)C(F)[C@H]2O[P+]([B-])(OCC[N+]#[C-])OC[C@H]2O[C@@H](n3cnc4c(NC(=O)c5ccccc5)ncnc43)[C@@H](F)C2O1. The second-order valence-electron chi connectivity index (χ2n) is 15.0. The lowest BCUT2D eigenvalue weighted by Gasteiger charge is -2.38. The fourth-order valence-electron chi connectivity index (χ4n) is 7.48. The molecule has 6 aromatic rings. The van der Waals surface area contributed by atoms with E-state index in [1.807, 2.05) is 6.07 Å². The Hall–Kier alpha value is -6.01. The minimum atomic E-state index is -4.19. The van der Waals surface area contributed by atoms with Crippen LogP contribution in [0.4, 0.5) is 20.4 Å². The Balaban J connectivity index is 1.01. The molecule has 0 aliphatic carbocycles. The number of nitrogens with one attached hydrogen (secondary N) is 2. The summed E-state index contributed by atoms with van der Waals surface area (Å²) < 4.78 is 85.5. The molecular weight excluding hydrogens is 930 g/mol. The number of anilines is 2. The summed E-state index contributed by atoms with van der Waals surface area (Å²) in [5, 5.41) is 14.7. The van der Waals surface area contributed by atoms with Gasteiger partial charge in [0.15, 0.2) is 77.6 Å². The zero-order valence-electron chi connectivity index (χ0n) is 35.3. The highest BCUT2D eigenvalue weighted by Crippen LogP contribution is 2.64. The molecule has 346 valence electrons. The Bertz CT molecular complexity index is 2680. The number of nitriles is 1. The Morgan fingerprint density at radius 3 is 1.65 bits per heavy atom. The Labute approximate surface area is 388 Å². The van der Waals surface area contributed by atoms with Crippen molar-refractivity contribution < 1.29 is 55.0 Å². The molecule has 2 amide bonds. The molecule has 68 heavy (non-hydrogen) atoms. The third-order valence-electron chi connectivity index (χ3n) is 10.7. The van der Waals surface area contributed by atoms with Crippen molar-refractivity contribution in [3.8, 4) is 6.07 Å². The van der Waals surface area contributed by atoms with Gasteiger partial charge in [-0.05, 0) is 24.3 Å². The molecule has 9 rings (SSSR count). The van der Waals surface area contributed by atoms with Crippen molar-refractivity contribution in [1.82, 2.24) is 39.0 Å². The van der Waals surface area contributed by atoms with E-state index < -0.39 is 89.9 Å². The topological polar surface area (TPSA) is 247 Å². The zero-order valence-corrected chi connectivity index (χ0v) is 37.1. The van der Waals surface area contributed by atoms with Gasteiger partial charge in [-0.2, -0.15) is 20.4 Å². The lowest BCUT2D eigenvalue weighted by atomic mass is 10.1. The van der Waals surface area contributed by atoms with Gasteiger partial charge >= 0.3 is 0 Å². The summed E-state index contributed by atoms with van der Waals surface area (Å²) in [6, 6.07) is 18.7. The Kier molecular flexibility index (Phi) is 14.1. The van der Waals surface area contributed by atoms with Crippen molar-refractivity contribution in [3.63, 3.8) is 0 Å². The van der Waals surface area contributed by atoms with Crippen LogP contribution in [-0.2, 0) is 36.6 Å². The molecule has 3 aliphatic rings. The molecule has 6 radical (unpaired) electrons. The summed E-state index contributed by atoms with van der Waals surface area (Å²) in [5.41, 5.74) is 1.03. The number of benzene rings is 2. The van der Waals surface area contributed by atoms with Crippen molar-refractivity contribution in [3.05, 3.63) is 109 Å². The summed E-state index contributed by atoms with van der Waals surface area (Å²) in [6.07, 6.45) is -8.77. The van der Waals surface area contributed by atoms with Crippen molar-refractivity contribution in [2.75, 3.05) is 43.6 Å². The monoisotopic (exact) mass is 966 g/mol. The van der Waals surface area contributed by atoms with Crippen LogP contribution in [0.15, 0.2) is 86.0 Å². The molecule has 2 N–H and O–H groups in total. The first-order valence-electron chi connectivity index (χ1n) is 20.7. The van der Waals surface area contributed by atoms with Crippen LogP contribution in [0.25, 0.3) is 27.2 Å². The van der Waals surface area contributed by atoms with E-state index in [0.717, 1.165) is 12.7 Å². The molecule has 28 heteroatoms.